The molecule has 1 heterocycles. The van der Waals surface area contributed by atoms with Crippen LogP contribution in [0.15, 0.2) is 18.2 Å². The highest BCUT2D eigenvalue weighted by atomic mass is 19.1. The molecule has 2 N–H and O–H groups in total. The van der Waals surface area contributed by atoms with Crippen molar-refractivity contribution in [2.75, 3.05) is 18.0 Å². The number of aliphatic hydroxyl groups excluding tert-OH is 1. The maximum Gasteiger partial charge on any atom is 0.129 e. The summed E-state index contributed by atoms with van der Waals surface area (Å²) in [5.74, 6) is 0.265. The van der Waals surface area contributed by atoms with Crippen molar-refractivity contribution in [3.05, 3.63) is 29.6 Å². The predicted molar refractivity (Wildman–Crippen MR) is 82.9 cm³/mol. The summed E-state index contributed by atoms with van der Waals surface area (Å²) in [4.78, 5) is 2.27. The van der Waals surface area contributed by atoms with Gasteiger partial charge in [0.2, 0.25) is 0 Å². The van der Waals surface area contributed by atoms with Crippen LogP contribution in [-0.2, 0) is 6.54 Å². The van der Waals surface area contributed by atoms with Gasteiger partial charge in [-0.3, -0.25) is 0 Å². The molecule has 0 amide bonds. The van der Waals surface area contributed by atoms with E-state index in [0.717, 1.165) is 37.2 Å². The van der Waals surface area contributed by atoms with Crippen LogP contribution in [-0.4, -0.2) is 30.3 Å². The number of halogens is 1. The quantitative estimate of drug-likeness (QED) is 0.876. The Labute approximate surface area is 126 Å². The first-order valence-corrected chi connectivity index (χ1v) is 8.09. The number of hydrogen-bond donors (Lipinski definition) is 2. The molecule has 1 aliphatic heterocycles. The summed E-state index contributed by atoms with van der Waals surface area (Å²) in [6, 6.07) is 5.95. The Morgan fingerprint density at radius 2 is 2.00 bits per heavy atom. The van der Waals surface area contributed by atoms with E-state index in [1.165, 1.54) is 12.8 Å². The summed E-state index contributed by atoms with van der Waals surface area (Å²) in [5, 5.41) is 13.1. The van der Waals surface area contributed by atoms with Crippen molar-refractivity contribution in [1.82, 2.24) is 5.32 Å². The standard InChI is InChI=1S/C17H25FN2O/c1-12(21)13-7-9-20(10-8-13)17-4-2-3-16(18)15(17)11-19-14-5-6-14/h2-4,12-14,19,21H,5-11H2,1H3. The molecule has 4 heteroatoms. The average Bonchev–Trinajstić information content (AvgIpc) is 3.30. The van der Waals surface area contributed by atoms with Crippen molar-refractivity contribution < 1.29 is 9.50 Å². The molecule has 21 heavy (non-hydrogen) atoms. The van der Waals surface area contributed by atoms with Crippen LogP contribution in [0.4, 0.5) is 10.1 Å². The number of nitrogens with zero attached hydrogens (tertiary/aromatic N) is 1. The van der Waals surface area contributed by atoms with E-state index in [1.807, 2.05) is 13.0 Å². The number of rotatable bonds is 5. The monoisotopic (exact) mass is 292 g/mol. The Morgan fingerprint density at radius 3 is 2.62 bits per heavy atom. The van der Waals surface area contributed by atoms with Gasteiger partial charge in [-0.05, 0) is 50.7 Å². The Kier molecular flexibility index (Phi) is 4.45. The van der Waals surface area contributed by atoms with Crippen molar-refractivity contribution in [3.8, 4) is 0 Å². The smallest absolute Gasteiger partial charge is 0.129 e. The Balaban J connectivity index is 1.70. The molecule has 1 unspecified atom stereocenters. The first kappa shape index (κ1) is 14.8. The molecular weight excluding hydrogens is 267 g/mol. The van der Waals surface area contributed by atoms with Crippen LogP contribution in [0.1, 0.15) is 38.2 Å². The van der Waals surface area contributed by atoms with E-state index in [0.29, 0.717) is 18.5 Å². The first-order valence-electron chi connectivity index (χ1n) is 8.09. The average molecular weight is 292 g/mol. The van der Waals surface area contributed by atoms with E-state index < -0.39 is 0 Å². The highest BCUT2D eigenvalue weighted by Crippen LogP contribution is 2.30. The van der Waals surface area contributed by atoms with Crippen LogP contribution in [0.5, 0.6) is 0 Å². The van der Waals surface area contributed by atoms with E-state index in [1.54, 1.807) is 12.1 Å². The van der Waals surface area contributed by atoms with Gasteiger partial charge in [-0.2, -0.15) is 0 Å². The first-order chi connectivity index (χ1) is 10.1. The molecule has 1 aromatic rings. The third-order valence-corrected chi connectivity index (χ3v) is 4.80. The van der Waals surface area contributed by atoms with Crippen molar-refractivity contribution in [3.63, 3.8) is 0 Å². The lowest BCUT2D eigenvalue weighted by molar-refractivity contribution is 0.110. The number of aliphatic hydroxyl groups is 1. The molecule has 0 radical (unpaired) electrons. The Bertz CT molecular complexity index is 480. The molecule has 116 valence electrons. The molecule has 0 bridgehead atoms. The molecule has 3 rings (SSSR count). The van der Waals surface area contributed by atoms with Gasteiger partial charge < -0.3 is 15.3 Å². The van der Waals surface area contributed by atoms with Gasteiger partial charge in [-0.1, -0.05) is 6.07 Å². The fraction of sp³-hybridized carbons (Fsp3) is 0.647. The summed E-state index contributed by atoms with van der Waals surface area (Å²) >= 11 is 0. The van der Waals surface area contributed by atoms with E-state index in [-0.39, 0.29) is 11.9 Å². The fourth-order valence-corrected chi connectivity index (χ4v) is 3.18. The summed E-state index contributed by atoms with van der Waals surface area (Å²) < 4.78 is 14.2. The lowest BCUT2D eigenvalue weighted by Crippen LogP contribution is -2.38. The van der Waals surface area contributed by atoms with Crippen LogP contribution < -0.4 is 10.2 Å². The van der Waals surface area contributed by atoms with Crippen LogP contribution in [0, 0.1) is 11.7 Å². The van der Waals surface area contributed by atoms with Gasteiger partial charge in [-0.15, -0.1) is 0 Å². The zero-order chi connectivity index (χ0) is 14.8. The van der Waals surface area contributed by atoms with Crippen molar-refractivity contribution >= 4 is 5.69 Å². The Morgan fingerprint density at radius 1 is 1.29 bits per heavy atom. The molecule has 0 spiro atoms. The number of nitrogens with one attached hydrogen (secondary N) is 1. The maximum absolute atomic E-state index is 14.2. The minimum Gasteiger partial charge on any atom is -0.393 e. The van der Waals surface area contributed by atoms with E-state index in [2.05, 4.69) is 10.2 Å². The highest BCUT2D eigenvalue weighted by molar-refractivity contribution is 5.54. The lowest BCUT2D eigenvalue weighted by atomic mass is 9.91. The summed E-state index contributed by atoms with van der Waals surface area (Å²) in [6.07, 6.45) is 4.14. The largest absolute Gasteiger partial charge is 0.393 e. The van der Waals surface area contributed by atoms with Gasteiger partial charge >= 0.3 is 0 Å². The minimum atomic E-state index is -0.240. The Hall–Kier alpha value is -1.13. The predicted octanol–water partition coefficient (Wildman–Crippen LogP) is 2.67. The fourth-order valence-electron chi connectivity index (χ4n) is 3.18. The van der Waals surface area contributed by atoms with Crippen molar-refractivity contribution in [1.29, 1.82) is 0 Å². The molecular formula is C17H25FN2O. The van der Waals surface area contributed by atoms with Gasteiger partial charge in [0.25, 0.3) is 0 Å². The number of piperidine rings is 1. The second kappa shape index (κ2) is 6.32. The molecule has 1 aliphatic carbocycles. The minimum absolute atomic E-state index is 0.113. The number of anilines is 1. The molecule has 1 aromatic carbocycles. The molecule has 1 saturated heterocycles. The second-order valence-electron chi connectivity index (χ2n) is 6.46. The zero-order valence-corrected chi connectivity index (χ0v) is 12.7. The topological polar surface area (TPSA) is 35.5 Å². The summed E-state index contributed by atoms with van der Waals surface area (Å²) in [6.45, 7) is 4.28. The molecule has 3 nitrogen and oxygen atoms in total. The van der Waals surface area contributed by atoms with Crippen LogP contribution in [0.3, 0.4) is 0 Å². The number of hydrogen-bond acceptors (Lipinski definition) is 3. The summed E-state index contributed by atoms with van der Waals surface area (Å²) in [7, 11) is 0. The third kappa shape index (κ3) is 3.55. The van der Waals surface area contributed by atoms with Crippen molar-refractivity contribution in [2.24, 2.45) is 5.92 Å². The van der Waals surface area contributed by atoms with Gasteiger partial charge in [0.1, 0.15) is 5.82 Å². The summed E-state index contributed by atoms with van der Waals surface area (Å²) in [5.41, 5.74) is 1.81. The molecule has 2 fully saturated rings. The molecule has 0 aromatic heterocycles. The van der Waals surface area contributed by atoms with Gasteiger partial charge in [-0.25, -0.2) is 4.39 Å². The second-order valence-corrected chi connectivity index (χ2v) is 6.46. The molecule has 1 atom stereocenters. The van der Waals surface area contributed by atoms with E-state index in [9.17, 15) is 9.50 Å². The molecule has 2 aliphatic rings. The SMILES string of the molecule is CC(O)C1CCN(c2cccc(F)c2CNC2CC2)CC1. The maximum atomic E-state index is 14.2. The van der Waals surface area contributed by atoms with Crippen molar-refractivity contribution in [2.45, 2.75) is 51.3 Å². The van der Waals surface area contributed by atoms with Crippen LogP contribution >= 0.6 is 0 Å². The van der Waals surface area contributed by atoms with Gasteiger partial charge in [0.05, 0.1) is 6.10 Å². The highest BCUT2D eigenvalue weighted by Gasteiger charge is 2.26. The van der Waals surface area contributed by atoms with Crippen LogP contribution in [0.2, 0.25) is 0 Å². The van der Waals surface area contributed by atoms with Gasteiger partial charge in [0, 0.05) is 36.9 Å². The zero-order valence-electron chi connectivity index (χ0n) is 12.7. The lowest BCUT2D eigenvalue weighted by Gasteiger charge is -2.36. The number of benzene rings is 1. The van der Waals surface area contributed by atoms with E-state index >= 15 is 0 Å². The van der Waals surface area contributed by atoms with Crippen LogP contribution in [0.25, 0.3) is 0 Å². The van der Waals surface area contributed by atoms with E-state index in [4.69, 9.17) is 0 Å². The molecule has 1 saturated carbocycles. The normalized spacial score (nSPS) is 21.6. The third-order valence-electron chi connectivity index (χ3n) is 4.80. The van der Waals surface area contributed by atoms with Gasteiger partial charge in [0.15, 0.2) is 0 Å².